The summed E-state index contributed by atoms with van der Waals surface area (Å²) in [6.45, 7) is -1.13. The standard InChI is InChI=1S/C14H12F3N3O3/c15-14(16,17)10-6-20(5-9(10)13(22)23)12(21)8-3-1-2-7-4-18-19-11(7)8/h1-4,9-10H,5-6H2,(H,18,19)(H,22,23)/t9-,10-/m1/s1. The quantitative estimate of drug-likeness (QED) is 0.882. The highest BCUT2D eigenvalue weighted by atomic mass is 19.4. The minimum absolute atomic E-state index is 0.173. The van der Waals surface area contributed by atoms with Crippen molar-refractivity contribution in [2.75, 3.05) is 13.1 Å². The fraction of sp³-hybridized carbons (Fsp3) is 0.357. The van der Waals surface area contributed by atoms with Crippen LogP contribution in [0, 0.1) is 11.8 Å². The number of carboxylic acid groups (broad SMARTS) is 1. The number of rotatable bonds is 2. The molecule has 6 nitrogen and oxygen atoms in total. The van der Waals surface area contributed by atoms with E-state index in [9.17, 15) is 22.8 Å². The molecule has 1 aliphatic rings. The maximum Gasteiger partial charge on any atom is 0.394 e. The van der Waals surface area contributed by atoms with Gasteiger partial charge in [-0.3, -0.25) is 14.7 Å². The minimum atomic E-state index is -4.67. The summed E-state index contributed by atoms with van der Waals surface area (Å²) in [5.41, 5.74) is 0.590. The van der Waals surface area contributed by atoms with Crippen molar-refractivity contribution in [3.05, 3.63) is 30.0 Å². The molecule has 1 aromatic carbocycles. The molecule has 9 heteroatoms. The first kappa shape index (κ1) is 15.3. The fourth-order valence-corrected chi connectivity index (χ4v) is 2.87. The Labute approximate surface area is 127 Å². The van der Waals surface area contributed by atoms with Gasteiger partial charge in [0.1, 0.15) is 0 Å². The predicted molar refractivity (Wildman–Crippen MR) is 72.7 cm³/mol. The van der Waals surface area contributed by atoms with Crippen LogP contribution in [0.3, 0.4) is 0 Å². The Morgan fingerprint density at radius 1 is 1.30 bits per heavy atom. The molecule has 1 aromatic heterocycles. The number of carboxylic acids is 1. The molecule has 0 saturated carbocycles. The van der Waals surface area contributed by atoms with Gasteiger partial charge in [0.25, 0.3) is 5.91 Å². The topological polar surface area (TPSA) is 86.3 Å². The number of aromatic amines is 1. The van der Waals surface area contributed by atoms with Crippen LogP contribution >= 0.6 is 0 Å². The second kappa shape index (κ2) is 5.25. The third-order valence-corrected chi connectivity index (χ3v) is 4.05. The second-order valence-electron chi connectivity index (χ2n) is 5.44. The van der Waals surface area contributed by atoms with Crippen molar-refractivity contribution in [2.24, 2.45) is 11.8 Å². The highest BCUT2D eigenvalue weighted by molar-refractivity contribution is 6.05. The third kappa shape index (κ3) is 2.62. The second-order valence-corrected chi connectivity index (χ2v) is 5.44. The maximum atomic E-state index is 13.0. The fourth-order valence-electron chi connectivity index (χ4n) is 2.87. The van der Waals surface area contributed by atoms with Gasteiger partial charge in [-0.05, 0) is 6.07 Å². The molecular formula is C14H12F3N3O3. The summed E-state index contributed by atoms with van der Waals surface area (Å²) >= 11 is 0. The zero-order chi connectivity index (χ0) is 16.8. The molecular weight excluding hydrogens is 315 g/mol. The van der Waals surface area contributed by atoms with Gasteiger partial charge in [0.2, 0.25) is 0 Å². The molecule has 2 heterocycles. The molecule has 3 rings (SSSR count). The highest BCUT2D eigenvalue weighted by Gasteiger charge is 2.53. The van der Waals surface area contributed by atoms with E-state index in [1.54, 1.807) is 12.1 Å². The average molecular weight is 327 g/mol. The zero-order valence-electron chi connectivity index (χ0n) is 11.7. The number of aromatic nitrogens is 2. The Kier molecular flexibility index (Phi) is 3.50. The summed E-state index contributed by atoms with van der Waals surface area (Å²) in [7, 11) is 0. The number of nitrogens with one attached hydrogen (secondary N) is 1. The lowest BCUT2D eigenvalue weighted by molar-refractivity contribution is -0.187. The van der Waals surface area contributed by atoms with E-state index >= 15 is 0 Å². The van der Waals surface area contributed by atoms with E-state index in [0.717, 1.165) is 4.90 Å². The van der Waals surface area contributed by atoms with Crippen molar-refractivity contribution in [1.82, 2.24) is 15.1 Å². The third-order valence-electron chi connectivity index (χ3n) is 4.05. The number of likely N-dealkylation sites (tertiary alicyclic amines) is 1. The summed E-state index contributed by atoms with van der Waals surface area (Å²) in [4.78, 5) is 24.5. The molecule has 1 saturated heterocycles. The van der Waals surface area contributed by atoms with Crippen molar-refractivity contribution < 1.29 is 27.9 Å². The molecule has 1 fully saturated rings. The van der Waals surface area contributed by atoms with Crippen LogP contribution in [0.4, 0.5) is 13.2 Å². The van der Waals surface area contributed by atoms with Crippen LogP contribution in [0.1, 0.15) is 10.4 Å². The van der Waals surface area contributed by atoms with Gasteiger partial charge in [0.15, 0.2) is 0 Å². The molecule has 0 aliphatic carbocycles. The first-order chi connectivity index (χ1) is 10.8. The Hall–Kier alpha value is -2.58. The Bertz CT molecular complexity index is 771. The van der Waals surface area contributed by atoms with Gasteiger partial charge in [-0.1, -0.05) is 12.1 Å². The molecule has 1 aliphatic heterocycles. The number of nitrogens with zero attached hydrogens (tertiary/aromatic N) is 2. The van der Waals surface area contributed by atoms with E-state index in [2.05, 4.69) is 10.2 Å². The SMILES string of the molecule is O=C(O)[C@@H]1CN(C(=O)c2cccc3cn[nH]c23)C[C@H]1C(F)(F)F. The number of fused-ring (bicyclic) bond motifs is 1. The van der Waals surface area contributed by atoms with Gasteiger partial charge in [0, 0.05) is 18.5 Å². The van der Waals surface area contributed by atoms with Crippen molar-refractivity contribution in [3.63, 3.8) is 0 Å². The number of hydrogen-bond acceptors (Lipinski definition) is 3. The number of carbonyl (C=O) groups is 2. The minimum Gasteiger partial charge on any atom is -0.481 e. The van der Waals surface area contributed by atoms with Gasteiger partial charge in [-0.25, -0.2) is 0 Å². The van der Waals surface area contributed by atoms with Crippen molar-refractivity contribution >= 4 is 22.8 Å². The van der Waals surface area contributed by atoms with Crippen LogP contribution in [-0.2, 0) is 4.79 Å². The van der Waals surface area contributed by atoms with Crippen LogP contribution in [-0.4, -0.2) is 51.3 Å². The summed E-state index contributed by atoms with van der Waals surface area (Å²) in [5, 5.41) is 16.1. The van der Waals surface area contributed by atoms with Gasteiger partial charge in [-0.2, -0.15) is 18.3 Å². The van der Waals surface area contributed by atoms with E-state index in [1.807, 2.05) is 0 Å². The van der Waals surface area contributed by atoms with E-state index < -0.39 is 43.0 Å². The number of alkyl halides is 3. The lowest BCUT2D eigenvalue weighted by atomic mass is 9.96. The number of carbonyl (C=O) groups excluding carboxylic acids is 1. The van der Waals surface area contributed by atoms with Crippen LogP contribution in [0.25, 0.3) is 10.9 Å². The molecule has 23 heavy (non-hydrogen) atoms. The number of aliphatic carboxylic acids is 1. The molecule has 0 unspecified atom stereocenters. The van der Waals surface area contributed by atoms with Gasteiger partial charge in [-0.15, -0.1) is 0 Å². The highest BCUT2D eigenvalue weighted by Crippen LogP contribution is 2.38. The average Bonchev–Trinajstić information content (AvgIpc) is 3.12. The normalized spacial score (nSPS) is 21.8. The van der Waals surface area contributed by atoms with Crippen LogP contribution in [0.2, 0.25) is 0 Å². The van der Waals surface area contributed by atoms with Crippen molar-refractivity contribution in [1.29, 1.82) is 0 Å². The Morgan fingerprint density at radius 2 is 2.04 bits per heavy atom. The van der Waals surface area contributed by atoms with Gasteiger partial charge >= 0.3 is 12.1 Å². The summed E-state index contributed by atoms with van der Waals surface area (Å²) < 4.78 is 39.0. The van der Waals surface area contributed by atoms with E-state index in [-0.39, 0.29) is 5.56 Å². The molecule has 2 N–H and O–H groups in total. The van der Waals surface area contributed by atoms with Gasteiger partial charge in [0.05, 0.1) is 29.1 Å². The van der Waals surface area contributed by atoms with Crippen molar-refractivity contribution in [2.45, 2.75) is 6.18 Å². The number of H-pyrrole nitrogens is 1. The van der Waals surface area contributed by atoms with Crippen molar-refractivity contribution in [3.8, 4) is 0 Å². The molecule has 0 bridgehead atoms. The first-order valence-corrected chi connectivity index (χ1v) is 6.80. The van der Waals surface area contributed by atoms with Gasteiger partial charge < -0.3 is 10.0 Å². The zero-order valence-corrected chi connectivity index (χ0v) is 11.7. The monoisotopic (exact) mass is 327 g/mol. The number of halogens is 3. The summed E-state index contributed by atoms with van der Waals surface area (Å²) in [6.07, 6.45) is -3.17. The molecule has 0 spiro atoms. The van der Waals surface area contributed by atoms with Crippen LogP contribution < -0.4 is 0 Å². The predicted octanol–water partition coefficient (Wildman–Crippen LogP) is 1.90. The van der Waals surface area contributed by atoms with Crippen LogP contribution in [0.15, 0.2) is 24.4 Å². The maximum absolute atomic E-state index is 13.0. The molecule has 2 aromatic rings. The number of para-hydroxylation sites is 1. The van der Waals surface area contributed by atoms with E-state index in [0.29, 0.717) is 10.9 Å². The van der Waals surface area contributed by atoms with Crippen LogP contribution in [0.5, 0.6) is 0 Å². The Balaban J connectivity index is 1.92. The van der Waals surface area contributed by atoms with E-state index in [4.69, 9.17) is 5.11 Å². The molecule has 1 amide bonds. The first-order valence-electron chi connectivity index (χ1n) is 6.80. The summed E-state index contributed by atoms with van der Waals surface area (Å²) in [5.74, 6) is -5.91. The van der Waals surface area contributed by atoms with E-state index in [1.165, 1.54) is 12.3 Å². The summed E-state index contributed by atoms with van der Waals surface area (Å²) in [6, 6.07) is 4.77. The Morgan fingerprint density at radius 3 is 2.65 bits per heavy atom. The molecule has 2 atom stereocenters. The number of amides is 1. The molecule has 122 valence electrons. The smallest absolute Gasteiger partial charge is 0.394 e. The lowest BCUT2D eigenvalue weighted by Gasteiger charge is -2.18. The lowest BCUT2D eigenvalue weighted by Crippen LogP contribution is -2.34. The number of hydrogen-bond donors (Lipinski definition) is 2. The molecule has 0 radical (unpaired) electrons. The number of benzene rings is 1. The largest absolute Gasteiger partial charge is 0.481 e.